The summed E-state index contributed by atoms with van der Waals surface area (Å²) in [4.78, 5) is 4.84. The van der Waals surface area contributed by atoms with Gasteiger partial charge in [-0.2, -0.15) is 0 Å². The highest BCUT2D eigenvalue weighted by Gasteiger charge is 2.29. The van der Waals surface area contributed by atoms with Crippen molar-refractivity contribution in [2.24, 2.45) is 5.73 Å². The van der Waals surface area contributed by atoms with Crippen LogP contribution in [0.15, 0.2) is 24.3 Å². The summed E-state index contributed by atoms with van der Waals surface area (Å²) in [5.41, 5.74) is 7.48. The second-order valence-corrected chi connectivity index (χ2v) is 6.50. The van der Waals surface area contributed by atoms with Gasteiger partial charge in [0, 0.05) is 23.1 Å². The van der Waals surface area contributed by atoms with Gasteiger partial charge in [-0.05, 0) is 64.6 Å². The number of benzene rings is 1. The van der Waals surface area contributed by atoms with Crippen LogP contribution in [-0.4, -0.2) is 49.1 Å². The van der Waals surface area contributed by atoms with Gasteiger partial charge in [0.2, 0.25) is 0 Å². The quantitative estimate of drug-likeness (QED) is 0.927. The molecule has 1 aromatic rings. The van der Waals surface area contributed by atoms with Crippen molar-refractivity contribution in [2.45, 2.75) is 37.9 Å². The first kappa shape index (κ1) is 15.8. The minimum Gasteiger partial charge on any atom is -0.326 e. The first-order valence-electron chi connectivity index (χ1n) is 7.40. The van der Waals surface area contributed by atoms with Crippen molar-refractivity contribution in [2.75, 3.05) is 27.2 Å². The molecule has 2 rings (SSSR count). The standard InChI is InChI=1S/C16H26ClN3/c1-12(18)16(13-5-4-6-14(17)11-13)20(3)15-7-9-19(2)10-8-15/h4-6,11-12,15-16H,7-10,18H2,1-3H3. The van der Waals surface area contributed by atoms with Crippen LogP contribution >= 0.6 is 11.6 Å². The third-order valence-electron chi connectivity index (χ3n) is 4.39. The molecule has 2 atom stereocenters. The summed E-state index contributed by atoms with van der Waals surface area (Å²) in [5, 5.41) is 0.782. The van der Waals surface area contributed by atoms with E-state index in [4.69, 9.17) is 17.3 Å². The predicted molar refractivity (Wildman–Crippen MR) is 86.1 cm³/mol. The molecule has 1 saturated heterocycles. The van der Waals surface area contributed by atoms with Gasteiger partial charge < -0.3 is 10.6 Å². The summed E-state index contributed by atoms with van der Waals surface area (Å²) in [6, 6.07) is 9.00. The topological polar surface area (TPSA) is 32.5 Å². The smallest absolute Gasteiger partial charge is 0.0496 e. The largest absolute Gasteiger partial charge is 0.326 e. The van der Waals surface area contributed by atoms with Crippen LogP contribution in [0.4, 0.5) is 0 Å². The van der Waals surface area contributed by atoms with E-state index in [2.05, 4.69) is 36.9 Å². The van der Waals surface area contributed by atoms with Gasteiger partial charge >= 0.3 is 0 Å². The van der Waals surface area contributed by atoms with Gasteiger partial charge in [-0.1, -0.05) is 23.7 Å². The fourth-order valence-corrected chi connectivity index (χ4v) is 3.43. The van der Waals surface area contributed by atoms with E-state index in [1.165, 1.54) is 18.4 Å². The van der Waals surface area contributed by atoms with Gasteiger partial charge in [-0.3, -0.25) is 4.90 Å². The zero-order chi connectivity index (χ0) is 14.7. The lowest BCUT2D eigenvalue weighted by molar-refractivity contribution is 0.0969. The number of nitrogens with two attached hydrogens (primary N) is 1. The molecule has 1 fully saturated rings. The molecule has 0 radical (unpaired) electrons. The summed E-state index contributed by atoms with van der Waals surface area (Å²) < 4.78 is 0. The van der Waals surface area contributed by atoms with Crippen LogP contribution in [0.2, 0.25) is 5.02 Å². The van der Waals surface area contributed by atoms with E-state index in [-0.39, 0.29) is 12.1 Å². The molecule has 0 saturated carbocycles. The van der Waals surface area contributed by atoms with Crippen molar-refractivity contribution in [3.63, 3.8) is 0 Å². The van der Waals surface area contributed by atoms with Crippen molar-refractivity contribution in [1.29, 1.82) is 0 Å². The molecule has 0 aliphatic carbocycles. The second kappa shape index (κ2) is 6.90. The predicted octanol–water partition coefficient (Wildman–Crippen LogP) is 2.75. The summed E-state index contributed by atoms with van der Waals surface area (Å²) in [6.45, 7) is 4.41. The number of piperidine rings is 1. The maximum Gasteiger partial charge on any atom is 0.0496 e. The summed E-state index contributed by atoms with van der Waals surface area (Å²) in [6.07, 6.45) is 2.41. The van der Waals surface area contributed by atoms with Gasteiger partial charge in [0.15, 0.2) is 0 Å². The number of halogens is 1. The first-order chi connectivity index (χ1) is 9.49. The van der Waals surface area contributed by atoms with Crippen LogP contribution in [0.25, 0.3) is 0 Å². The lowest BCUT2D eigenvalue weighted by atomic mass is 9.95. The van der Waals surface area contributed by atoms with Crippen molar-refractivity contribution < 1.29 is 0 Å². The summed E-state index contributed by atoms with van der Waals surface area (Å²) >= 11 is 6.14. The molecular weight excluding hydrogens is 270 g/mol. The van der Waals surface area contributed by atoms with E-state index in [1.807, 2.05) is 18.2 Å². The number of hydrogen-bond acceptors (Lipinski definition) is 3. The molecule has 2 N–H and O–H groups in total. The van der Waals surface area contributed by atoms with Crippen molar-refractivity contribution in [3.8, 4) is 0 Å². The van der Waals surface area contributed by atoms with Gasteiger partial charge in [0.05, 0.1) is 0 Å². The molecule has 112 valence electrons. The average Bonchev–Trinajstić information content (AvgIpc) is 2.39. The number of rotatable bonds is 4. The highest BCUT2D eigenvalue weighted by Crippen LogP contribution is 2.29. The number of likely N-dealkylation sites (tertiary alicyclic amines) is 1. The molecule has 2 unspecified atom stereocenters. The molecule has 1 aliphatic heterocycles. The Bertz CT molecular complexity index is 427. The zero-order valence-electron chi connectivity index (χ0n) is 12.7. The molecule has 3 nitrogen and oxygen atoms in total. The van der Waals surface area contributed by atoms with Crippen LogP contribution in [-0.2, 0) is 0 Å². The molecule has 0 aromatic heterocycles. The van der Waals surface area contributed by atoms with Crippen molar-refractivity contribution in [3.05, 3.63) is 34.9 Å². The first-order valence-corrected chi connectivity index (χ1v) is 7.78. The Morgan fingerprint density at radius 3 is 2.55 bits per heavy atom. The van der Waals surface area contributed by atoms with Gasteiger partial charge in [0.25, 0.3) is 0 Å². The van der Waals surface area contributed by atoms with Gasteiger partial charge in [-0.25, -0.2) is 0 Å². The highest BCUT2D eigenvalue weighted by molar-refractivity contribution is 6.30. The SMILES string of the molecule is CC(N)C(c1cccc(Cl)c1)N(C)C1CCN(C)CC1. The van der Waals surface area contributed by atoms with Crippen molar-refractivity contribution in [1.82, 2.24) is 9.80 Å². The van der Waals surface area contributed by atoms with Crippen LogP contribution in [0.1, 0.15) is 31.4 Å². The molecule has 20 heavy (non-hydrogen) atoms. The molecular formula is C16H26ClN3. The Kier molecular flexibility index (Phi) is 5.44. The Morgan fingerprint density at radius 2 is 2.00 bits per heavy atom. The molecule has 4 heteroatoms. The highest BCUT2D eigenvalue weighted by atomic mass is 35.5. The van der Waals surface area contributed by atoms with E-state index in [9.17, 15) is 0 Å². The maximum absolute atomic E-state index is 6.26. The average molecular weight is 296 g/mol. The van der Waals surface area contributed by atoms with Gasteiger partial charge in [-0.15, -0.1) is 0 Å². The fraction of sp³-hybridized carbons (Fsp3) is 0.625. The normalized spacial score (nSPS) is 21.1. The summed E-state index contributed by atoms with van der Waals surface area (Å²) in [5.74, 6) is 0. The lowest BCUT2D eigenvalue weighted by Gasteiger charge is -2.41. The molecule has 0 amide bonds. The lowest BCUT2D eigenvalue weighted by Crippen LogP contribution is -2.47. The Balaban J connectivity index is 2.16. The number of hydrogen-bond donors (Lipinski definition) is 1. The van der Waals surface area contributed by atoms with Crippen LogP contribution < -0.4 is 5.73 Å². The maximum atomic E-state index is 6.26. The van der Waals surface area contributed by atoms with E-state index < -0.39 is 0 Å². The summed E-state index contributed by atoms with van der Waals surface area (Å²) in [7, 11) is 4.39. The van der Waals surface area contributed by atoms with E-state index >= 15 is 0 Å². The van der Waals surface area contributed by atoms with Crippen LogP contribution in [0.3, 0.4) is 0 Å². The van der Waals surface area contributed by atoms with E-state index in [0.29, 0.717) is 6.04 Å². The Labute approximate surface area is 127 Å². The van der Waals surface area contributed by atoms with Crippen molar-refractivity contribution >= 4 is 11.6 Å². The molecule has 1 aromatic carbocycles. The zero-order valence-corrected chi connectivity index (χ0v) is 13.5. The number of nitrogens with zero attached hydrogens (tertiary/aromatic N) is 2. The van der Waals surface area contributed by atoms with Crippen LogP contribution in [0, 0.1) is 0 Å². The van der Waals surface area contributed by atoms with Gasteiger partial charge in [0.1, 0.15) is 0 Å². The van der Waals surface area contributed by atoms with E-state index in [0.717, 1.165) is 18.1 Å². The minimum absolute atomic E-state index is 0.0816. The van der Waals surface area contributed by atoms with E-state index in [1.54, 1.807) is 0 Å². The second-order valence-electron chi connectivity index (χ2n) is 6.06. The molecule has 1 aliphatic rings. The minimum atomic E-state index is 0.0816. The molecule has 0 bridgehead atoms. The Hall–Kier alpha value is -0.610. The fourth-order valence-electron chi connectivity index (χ4n) is 3.23. The third-order valence-corrected chi connectivity index (χ3v) is 4.63. The monoisotopic (exact) mass is 295 g/mol. The Morgan fingerprint density at radius 1 is 1.35 bits per heavy atom. The third kappa shape index (κ3) is 3.73. The number of likely N-dealkylation sites (N-methyl/N-ethyl adjacent to an activating group) is 1. The molecule has 0 spiro atoms. The van der Waals surface area contributed by atoms with Crippen LogP contribution in [0.5, 0.6) is 0 Å². The molecule has 1 heterocycles.